The van der Waals surface area contributed by atoms with Gasteiger partial charge in [0.25, 0.3) is 11.5 Å². The largest absolute Gasteiger partial charge is 0.469 e. The van der Waals surface area contributed by atoms with E-state index < -0.39 is 62.1 Å². The third-order valence-corrected chi connectivity index (χ3v) is 4.20. The molecule has 1 aromatic heterocycles. The second kappa shape index (κ2) is 10.8. The Kier molecular flexibility index (Phi) is 9.45. The predicted molar refractivity (Wildman–Crippen MR) is 94.9 cm³/mol. The number of nitrogens with zero attached hydrogens (tertiary/aromatic N) is 2. The lowest BCUT2D eigenvalue weighted by atomic mass is 10.1. The lowest BCUT2D eigenvalue weighted by Gasteiger charge is -2.18. The van der Waals surface area contributed by atoms with Crippen LogP contribution in [0, 0.1) is 5.95 Å². The van der Waals surface area contributed by atoms with Crippen LogP contribution in [0.15, 0.2) is 11.0 Å². The highest BCUT2D eigenvalue weighted by atomic mass is 31.2. The average molecular weight is 442 g/mol. The third-order valence-electron chi connectivity index (χ3n) is 3.71. The van der Waals surface area contributed by atoms with Gasteiger partial charge in [0.1, 0.15) is 18.3 Å². The maximum absolute atomic E-state index is 13.4. The maximum Gasteiger partial charge on any atom is 0.469 e. The fourth-order valence-corrected chi connectivity index (χ4v) is 2.64. The van der Waals surface area contributed by atoms with Crippen molar-refractivity contribution in [2.24, 2.45) is 11.5 Å². The van der Waals surface area contributed by atoms with Crippen molar-refractivity contribution in [2.45, 2.75) is 44.3 Å². The van der Waals surface area contributed by atoms with Crippen LogP contribution in [-0.2, 0) is 13.8 Å². The van der Waals surface area contributed by atoms with Gasteiger partial charge in [0.2, 0.25) is 5.95 Å². The van der Waals surface area contributed by atoms with E-state index in [-0.39, 0.29) is 0 Å². The number of ether oxygens (including phenoxy) is 1. The van der Waals surface area contributed by atoms with Crippen LogP contribution in [0.4, 0.5) is 4.39 Å². The predicted octanol–water partition coefficient (Wildman–Crippen LogP) is -2.04. The minimum absolute atomic E-state index is 0.452. The Labute approximate surface area is 164 Å². The first-order valence-corrected chi connectivity index (χ1v) is 9.96. The number of unbranched alkanes of at least 4 members (excludes halogenated alkanes) is 1. The number of phosphoric acid groups is 1. The molecule has 0 aliphatic carbocycles. The molecule has 2 rings (SSSR count). The number of aliphatic hydroxyl groups excluding tert-OH is 2. The van der Waals surface area contributed by atoms with Gasteiger partial charge in [0.05, 0.1) is 12.8 Å². The minimum atomic E-state index is -4.87. The number of halogens is 1. The summed E-state index contributed by atoms with van der Waals surface area (Å²) in [5, 5.41) is 19.7. The Morgan fingerprint density at radius 2 is 2.03 bits per heavy atom. The summed E-state index contributed by atoms with van der Waals surface area (Å²) in [4.78, 5) is 43.4. The monoisotopic (exact) mass is 442 g/mol. The van der Waals surface area contributed by atoms with Crippen molar-refractivity contribution < 1.29 is 43.0 Å². The van der Waals surface area contributed by atoms with Crippen LogP contribution < -0.4 is 17.0 Å². The molecule has 13 nitrogen and oxygen atoms in total. The number of aliphatic hydroxyl groups is 2. The van der Waals surface area contributed by atoms with Gasteiger partial charge in [-0.1, -0.05) is 13.3 Å². The molecule has 0 saturated carbocycles. The van der Waals surface area contributed by atoms with Crippen LogP contribution in [0.3, 0.4) is 0 Å². The third kappa shape index (κ3) is 7.21. The zero-order chi connectivity index (χ0) is 22.4. The van der Waals surface area contributed by atoms with Crippen LogP contribution >= 0.6 is 7.82 Å². The molecule has 1 amide bonds. The quantitative estimate of drug-likeness (QED) is 0.252. The molecule has 0 bridgehead atoms. The van der Waals surface area contributed by atoms with Crippen LogP contribution in [0.25, 0.3) is 0 Å². The van der Waals surface area contributed by atoms with Gasteiger partial charge in [0.15, 0.2) is 11.9 Å². The highest BCUT2D eigenvalue weighted by Crippen LogP contribution is 2.38. The molecule has 15 heteroatoms. The van der Waals surface area contributed by atoms with Crippen molar-refractivity contribution in [3.05, 3.63) is 28.2 Å². The van der Waals surface area contributed by atoms with Crippen molar-refractivity contribution in [1.82, 2.24) is 9.55 Å². The van der Waals surface area contributed by atoms with Gasteiger partial charge < -0.3 is 36.2 Å². The van der Waals surface area contributed by atoms with E-state index in [0.29, 0.717) is 10.8 Å². The first-order valence-electron chi connectivity index (χ1n) is 8.43. The molecule has 4 atom stereocenters. The smallest absolute Gasteiger partial charge is 0.387 e. The van der Waals surface area contributed by atoms with Crippen molar-refractivity contribution in [3.63, 3.8) is 0 Å². The molecule has 0 aromatic carbocycles. The number of nitrogens with two attached hydrogens (primary N) is 2. The number of phosphoric ester groups is 1. The van der Waals surface area contributed by atoms with Crippen LogP contribution in [-0.4, -0.2) is 66.9 Å². The number of aromatic nitrogens is 2. The van der Waals surface area contributed by atoms with Gasteiger partial charge in [-0.3, -0.25) is 18.7 Å². The topological polar surface area (TPSA) is 220 Å². The van der Waals surface area contributed by atoms with E-state index >= 15 is 0 Å². The van der Waals surface area contributed by atoms with E-state index in [1.807, 2.05) is 0 Å². The highest BCUT2D eigenvalue weighted by molar-refractivity contribution is 7.46. The Balaban J connectivity index is 0.000000749. The molecule has 2 heterocycles. The van der Waals surface area contributed by atoms with Gasteiger partial charge in [-0.2, -0.15) is 4.39 Å². The Morgan fingerprint density at radius 3 is 2.48 bits per heavy atom. The first kappa shape index (κ1) is 25.3. The molecule has 0 radical (unpaired) electrons. The standard InChI is InChI=1S/C10H13FN3O9P.C4H11N/c11-4-1-14(9(18)5(13-4)8(12)17)10-7(16)6(15)3(23-10)2-22-24(19,20)21;1-2-3-4-5/h1,3,6-7,10,15-16H,2H2,(H2,12,17)(H2,19,20,21);2-5H2,1H3/t3-,6-,7-,10?;/m1./s1. The van der Waals surface area contributed by atoms with Crippen LogP contribution in [0.2, 0.25) is 0 Å². The maximum atomic E-state index is 13.4. The molecule has 166 valence electrons. The number of carbonyl (C=O) groups is 1. The van der Waals surface area contributed by atoms with E-state index in [1.165, 1.54) is 12.8 Å². The van der Waals surface area contributed by atoms with E-state index in [1.54, 1.807) is 0 Å². The molecule has 1 aliphatic rings. The Hall–Kier alpha value is -1.77. The summed E-state index contributed by atoms with van der Waals surface area (Å²) >= 11 is 0. The lowest BCUT2D eigenvalue weighted by Crippen LogP contribution is -2.38. The van der Waals surface area contributed by atoms with Crippen molar-refractivity contribution in [1.29, 1.82) is 0 Å². The van der Waals surface area contributed by atoms with E-state index in [9.17, 15) is 28.8 Å². The number of hydrogen-bond donors (Lipinski definition) is 6. The number of primary amides is 1. The fraction of sp³-hybridized carbons (Fsp3) is 0.643. The summed E-state index contributed by atoms with van der Waals surface area (Å²) < 4.78 is 33.8. The summed E-state index contributed by atoms with van der Waals surface area (Å²) in [6, 6.07) is 0. The zero-order valence-electron chi connectivity index (χ0n) is 15.4. The SMILES string of the molecule is CCCCN.NC(=O)c1nc(F)cn(C2O[C@H](COP(=O)(O)O)[C@@H](O)[C@H]2O)c1=O. The van der Waals surface area contributed by atoms with Crippen molar-refractivity contribution in [3.8, 4) is 0 Å². The molecule has 0 spiro atoms. The number of carbonyl (C=O) groups excluding carboxylic acids is 1. The minimum Gasteiger partial charge on any atom is -0.387 e. The Morgan fingerprint density at radius 1 is 1.41 bits per heavy atom. The molecule has 1 unspecified atom stereocenters. The second-order valence-electron chi connectivity index (χ2n) is 5.96. The molecule has 1 aromatic rings. The van der Waals surface area contributed by atoms with E-state index in [2.05, 4.69) is 16.4 Å². The average Bonchev–Trinajstić information content (AvgIpc) is 2.90. The van der Waals surface area contributed by atoms with Crippen LogP contribution in [0.1, 0.15) is 36.5 Å². The van der Waals surface area contributed by atoms with Gasteiger partial charge >= 0.3 is 7.82 Å². The highest BCUT2D eigenvalue weighted by Gasteiger charge is 2.45. The molecule has 29 heavy (non-hydrogen) atoms. The summed E-state index contributed by atoms with van der Waals surface area (Å²) in [6.45, 7) is 2.16. The van der Waals surface area contributed by atoms with E-state index in [4.69, 9.17) is 26.0 Å². The normalized spacial score (nSPS) is 24.1. The number of amides is 1. The molecular formula is C14H24FN4O9P. The van der Waals surface area contributed by atoms with E-state index in [0.717, 1.165) is 6.54 Å². The molecule has 1 aliphatic heterocycles. The van der Waals surface area contributed by atoms with Gasteiger partial charge in [0, 0.05) is 0 Å². The first-order chi connectivity index (χ1) is 13.4. The van der Waals surface area contributed by atoms with Crippen LogP contribution in [0.5, 0.6) is 0 Å². The van der Waals surface area contributed by atoms with Crippen molar-refractivity contribution in [2.75, 3.05) is 13.2 Å². The lowest BCUT2D eigenvalue weighted by molar-refractivity contribution is -0.0542. The molecule has 1 saturated heterocycles. The second-order valence-corrected chi connectivity index (χ2v) is 7.20. The number of rotatable bonds is 7. The van der Waals surface area contributed by atoms with Gasteiger partial charge in [-0.05, 0) is 13.0 Å². The molecular weight excluding hydrogens is 418 g/mol. The summed E-state index contributed by atoms with van der Waals surface area (Å²) in [7, 11) is -4.87. The number of hydrogen-bond acceptors (Lipinski definition) is 9. The summed E-state index contributed by atoms with van der Waals surface area (Å²) in [5.74, 6) is -2.59. The van der Waals surface area contributed by atoms with Crippen molar-refractivity contribution >= 4 is 13.7 Å². The molecule has 8 N–H and O–H groups in total. The fourth-order valence-electron chi connectivity index (χ4n) is 2.30. The van der Waals surface area contributed by atoms with Gasteiger partial charge in [-0.25, -0.2) is 9.55 Å². The summed E-state index contributed by atoms with van der Waals surface area (Å²) in [6.07, 6.45) is -3.68. The molecule has 1 fully saturated rings. The van der Waals surface area contributed by atoms with Gasteiger partial charge in [-0.15, -0.1) is 0 Å². The zero-order valence-corrected chi connectivity index (χ0v) is 16.3. The summed E-state index contributed by atoms with van der Waals surface area (Å²) in [5.41, 5.74) is 7.90. The Bertz CT molecular complexity index is 800.